The molecule has 2 saturated heterocycles. The number of hydrogen-bond acceptors (Lipinski definition) is 15. The molecular weight excluding hydrogens is 953 g/mol. The van der Waals surface area contributed by atoms with Gasteiger partial charge in [-0.05, 0) is 57.9 Å². The third-order valence-corrected chi connectivity index (χ3v) is 14.0. The standard InChI is InChI=1S/C49H86N10O14/c1-14-27(6)42(57(11)49(71)40(26(4)5)55-47(69)39(51-10)25(2)3)34(72-12)22-37(63)58-21-15-16-32(58)43(73-13)29(8)44(66)56-41(30(9)60)48(70)54-31(17-20-38(64)65)45(67)53-28(7)24-52-46(68)33(23-50)59-35(61)18-19-36(59)62/h25-34,39-43,51,60H,14-24,50H2,1-13H3,(H,52,68)(H,53,67)(H,54,70)(H,55,69)(H,56,66)(H,64,65)/t27-,28+,29+,30?,31-,32-,33-,34+,39-,40-,41-,42-,43?/m0/s1. The number of aliphatic hydroxyl groups excluding tert-OH is 1. The molecule has 2 unspecified atom stereocenters. The van der Waals surface area contributed by atoms with E-state index in [1.807, 2.05) is 41.5 Å². The van der Waals surface area contributed by atoms with Crippen molar-refractivity contribution < 1.29 is 67.6 Å². The second kappa shape index (κ2) is 30.2. The number of nitrogens with two attached hydrogens (primary N) is 1. The molecule has 0 saturated carbocycles. The van der Waals surface area contributed by atoms with Gasteiger partial charge in [-0.25, -0.2) is 0 Å². The minimum absolute atomic E-state index is 0.0337. The Morgan fingerprint density at radius 1 is 0.795 bits per heavy atom. The van der Waals surface area contributed by atoms with Crippen LogP contribution in [0.1, 0.15) is 114 Å². The predicted molar refractivity (Wildman–Crippen MR) is 268 cm³/mol. The van der Waals surface area contributed by atoms with Gasteiger partial charge in [0.2, 0.25) is 53.2 Å². The third kappa shape index (κ3) is 17.7. The first-order chi connectivity index (χ1) is 34.2. The Kier molecular flexibility index (Phi) is 26.4. The fourth-order valence-electron chi connectivity index (χ4n) is 9.57. The van der Waals surface area contributed by atoms with Gasteiger partial charge in [0, 0.05) is 66.2 Å². The van der Waals surface area contributed by atoms with Gasteiger partial charge < -0.3 is 67.1 Å². The summed E-state index contributed by atoms with van der Waals surface area (Å²) in [6.45, 7) is 15.5. The SMILES string of the molecule is CC[C@H](C)[C@@H]([C@@H](CC(=O)N1CCC[C@H]1C(OC)[C@@H](C)C(=O)N[C@H](C(=O)N[C@@H](CCC(=O)O)C(=O)N[C@H](C)CNC(=O)[C@H](CN)N1C(=O)CCC1=O)C(C)O)OC)N(C)C(=O)[C@@H](NC(=O)[C@@H](NC)C(C)C)C(C)C. The van der Waals surface area contributed by atoms with E-state index < -0.39 is 127 Å². The first kappa shape index (κ1) is 63.8. The lowest BCUT2D eigenvalue weighted by molar-refractivity contribution is -0.148. The van der Waals surface area contributed by atoms with E-state index in [0.717, 1.165) is 4.90 Å². The number of amides is 9. The zero-order chi connectivity index (χ0) is 55.6. The van der Waals surface area contributed by atoms with Crippen molar-refractivity contribution in [2.75, 3.05) is 47.9 Å². The molecule has 0 spiro atoms. The van der Waals surface area contributed by atoms with Crippen molar-refractivity contribution in [3.05, 3.63) is 0 Å². The van der Waals surface area contributed by atoms with Gasteiger partial charge in [0.15, 0.2) is 0 Å². The fourth-order valence-corrected chi connectivity index (χ4v) is 9.57. The van der Waals surface area contributed by atoms with Crippen LogP contribution in [-0.2, 0) is 57.4 Å². The van der Waals surface area contributed by atoms with Crippen molar-refractivity contribution in [3.63, 3.8) is 0 Å². The van der Waals surface area contributed by atoms with Crippen LogP contribution in [0.3, 0.4) is 0 Å². The number of likely N-dealkylation sites (tertiary alicyclic amines) is 2. The highest BCUT2D eigenvalue weighted by molar-refractivity contribution is 6.05. The number of nitrogens with zero attached hydrogens (tertiary/aromatic N) is 3. The van der Waals surface area contributed by atoms with Gasteiger partial charge in [-0.2, -0.15) is 0 Å². The van der Waals surface area contributed by atoms with E-state index in [1.165, 1.54) is 28.1 Å². The molecule has 416 valence electrons. The topological polar surface area (TPSA) is 338 Å². The highest BCUT2D eigenvalue weighted by Gasteiger charge is 2.44. The minimum atomic E-state index is -1.64. The third-order valence-electron chi connectivity index (χ3n) is 14.0. The van der Waals surface area contributed by atoms with Crippen LogP contribution in [0.5, 0.6) is 0 Å². The summed E-state index contributed by atoms with van der Waals surface area (Å²) < 4.78 is 11.9. The number of aliphatic carboxylic acids is 1. The molecule has 0 aromatic rings. The van der Waals surface area contributed by atoms with Gasteiger partial charge in [-0.3, -0.25) is 52.8 Å². The molecule has 9 amide bonds. The number of rotatable bonds is 31. The highest BCUT2D eigenvalue weighted by atomic mass is 16.5. The largest absolute Gasteiger partial charge is 0.481 e. The van der Waals surface area contributed by atoms with Gasteiger partial charge in [0.1, 0.15) is 24.2 Å². The van der Waals surface area contributed by atoms with Gasteiger partial charge in [0.25, 0.3) is 0 Å². The van der Waals surface area contributed by atoms with E-state index in [2.05, 4.69) is 31.9 Å². The molecule has 10 N–H and O–H groups in total. The van der Waals surface area contributed by atoms with Crippen molar-refractivity contribution >= 4 is 59.1 Å². The lowest BCUT2D eigenvalue weighted by atomic mass is 9.89. The molecule has 0 aromatic carbocycles. The number of methoxy groups -OCH3 is 2. The van der Waals surface area contributed by atoms with Crippen molar-refractivity contribution in [2.45, 2.75) is 180 Å². The van der Waals surface area contributed by atoms with Crippen LogP contribution in [0.4, 0.5) is 0 Å². The van der Waals surface area contributed by atoms with Crippen LogP contribution in [0.25, 0.3) is 0 Å². The Morgan fingerprint density at radius 2 is 1.37 bits per heavy atom. The molecular formula is C49H86N10O14. The number of nitrogens with one attached hydrogen (secondary N) is 6. The van der Waals surface area contributed by atoms with Crippen LogP contribution in [0, 0.1) is 23.7 Å². The normalized spacial score (nSPS) is 19.9. The predicted octanol–water partition coefficient (Wildman–Crippen LogP) is -1.40. The van der Waals surface area contributed by atoms with Crippen LogP contribution in [0.2, 0.25) is 0 Å². The number of carboxylic acids is 1. The number of aliphatic hydroxyl groups is 1. The molecule has 2 aliphatic heterocycles. The Bertz CT molecular complexity index is 1900. The average Bonchev–Trinajstić information content (AvgIpc) is 3.95. The van der Waals surface area contributed by atoms with Crippen molar-refractivity contribution in [1.82, 2.24) is 46.6 Å². The summed E-state index contributed by atoms with van der Waals surface area (Å²) in [6.07, 6.45) is -2.69. The summed E-state index contributed by atoms with van der Waals surface area (Å²) in [4.78, 5) is 136. The van der Waals surface area contributed by atoms with E-state index in [-0.39, 0.29) is 67.8 Å². The summed E-state index contributed by atoms with van der Waals surface area (Å²) >= 11 is 0. The molecule has 0 aliphatic carbocycles. The van der Waals surface area contributed by atoms with Crippen LogP contribution >= 0.6 is 0 Å². The fraction of sp³-hybridized carbons (Fsp3) is 0.796. The first-order valence-corrected chi connectivity index (χ1v) is 25.5. The van der Waals surface area contributed by atoms with E-state index >= 15 is 0 Å². The second-order valence-corrected chi connectivity index (χ2v) is 20.1. The average molecular weight is 1040 g/mol. The molecule has 2 rings (SSSR count). The van der Waals surface area contributed by atoms with Crippen LogP contribution < -0.4 is 37.6 Å². The maximum atomic E-state index is 14.4. The van der Waals surface area contributed by atoms with Crippen LogP contribution in [0.15, 0.2) is 0 Å². The van der Waals surface area contributed by atoms with Gasteiger partial charge in [-0.15, -0.1) is 0 Å². The number of imide groups is 1. The van der Waals surface area contributed by atoms with E-state index in [9.17, 15) is 58.2 Å². The van der Waals surface area contributed by atoms with Gasteiger partial charge in [-0.1, -0.05) is 54.9 Å². The summed E-state index contributed by atoms with van der Waals surface area (Å²) in [5, 5.41) is 36.3. The quantitative estimate of drug-likeness (QED) is 0.0361. The molecule has 2 aliphatic rings. The molecule has 0 aromatic heterocycles. The molecule has 0 bridgehead atoms. The lowest BCUT2D eigenvalue weighted by Crippen LogP contribution is -2.60. The minimum Gasteiger partial charge on any atom is -0.481 e. The number of carbonyl (C=O) groups excluding carboxylic acids is 9. The van der Waals surface area contributed by atoms with Crippen LogP contribution in [-0.4, -0.2) is 199 Å². The van der Waals surface area contributed by atoms with Gasteiger partial charge in [0.05, 0.1) is 48.8 Å². The number of carboxylic acid groups (broad SMARTS) is 1. The zero-order valence-corrected chi connectivity index (χ0v) is 45.2. The maximum absolute atomic E-state index is 14.4. The lowest BCUT2D eigenvalue weighted by Gasteiger charge is -2.41. The van der Waals surface area contributed by atoms with Crippen molar-refractivity contribution in [1.29, 1.82) is 0 Å². The number of carbonyl (C=O) groups is 10. The smallest absolute Gasteiger partial charge is 0.303 e. The Hall–Kier alpha value is -5.30. The van der Waals surface area contributed by atoms with Gasteiger partial charge >= 0.3 is 5.97 Å². The monoisotopic (exact) mass is 1040 g/mol. The van der Waals surface area contributed by atoms with E-state index in [0.29, 0.717) is 25.8 Å². The first-order valence-electron chi connectivity index (χ1n) is 25.5. The Morgan fingerprint density at radius 3 is 1.86 bits per heavy atom. The second-order valence-electron chi connectivity index (χ2n) is 20.1. The maximum Gasteiger partial charge on any atom is 0.303 e. The van der Waals surface area contributed by atoms with Crippen molar-refractivity contribution in [3.8, 4) is 0 Å². The molecule has 13 atom stereocenters. The zero-order valence-electron chi connectivity index (χ0n) is 45.2. The summed E-state index contributed by atoms with van der Waals surface area (Å²) in [5.74, 6) is -8.05. The number of hydrogen-bond donors (Lipinski definition) is 9. The summed E-state index contributed by atoms with van der Waals surface area (Å²) in [5.41, 5.74) is 5.70. The number of likely N-dealkylation sites (N-methyl/N-ethyl adjacent to an activating group) is 2. The summed E-state index contributed by atoms with van der Waals surface area (Å²) in [6, 6.07) is -7.76. The summed E-state index contributed by atoms with van der Waals surface area (Å²) in [7, 11) is 6.20. The molecule has 0 radical (unpaired) electrons. The van der Waals surface area contributed by atoms with E-state index in [4.69, 9.17) is 15.2 Å². The highest BCUT2D eigenvalue weighted by Crippen LogP contribution is 2.30. The molecule has 24 heteroatoms. The molecule has 2 heterocycles. The molecule has 2 fully saturated rings. The van der Waals surface area contributed by atoms with Crippen molar-refractivity contribution in [2.24, 2.45) is 29.4 Å². The Balaban J connectivity index is 2.24. The Labute approximate surface area is 430 Å². The molecule has 73 heavy (non-hydrogen) atoms. The number of ether oxygens (including phenoxy) is 2. The van der Waals surface area contributed by atoms with E-state index in [1.54, 1.807) is 30.8 Å². The molecule has 24 nitrogen and oxygen atoms in total.